The summed E-state index contributed by atoms with van der Waals surface area (Å²) in [7, 11) is 2.75. The van der Waals surface area contributed by atoms with Gasteiger partial charge in [-0.25, -0.2) is 0 Å². The highest BCUT2D eigenvalue weighted by molar-refractivity contribution is 9.10. The van der Waals surface area contributed by atoms with Gasteiger partial charge in [0.15, 0.2) is 0 Å². The van der Waals surface area contributed by atoms with E-state index in [1.165, 1.54) is 7.11 Å². The van der Waals surface area contributed by atoms with E-state index in [0.29, 0.717) is 5.75 Å². The van der Waals surface area contributed by atoms with Crippen LogP contribution in [0.5, 0.6) is 5.75 Å². The van der Waals surface area contributed by atoms with Crippen LogP contribution in [0.1, 0.15) is 5.56 Å². The SMILES string of the molecule is COC(=O)CN1C(=O)S/C(=C/c2ccc(OC)c(Br)c2)C1=O. The first kappa shape index (κ1) is 16.6. The molecule has 2 amide bonds. The number of amides is 2. The van der Waals surface area contributed by atoms with E-state index in [-0.39, 0.29) is 11.4 Å². The van der Waals surface area contributed by atoms with E-state index in [4.69, 9.17) is 4.74 Å². The smallest absolute Gasteiger partial charge is 0.325 e. The van der Waals surface area contributed by atoms with Gasteiger partial charge in [0.2, 0.25) is 0 Å². The van der Waals surface area contributed by atoms with Gasteiger partial charge in [-0.2, -0.15) is 0 Å². The summed E-state index contributed by atoms with van der Waals surface area (Å²) in [5.41, 5.74) is 0.733. The average molecular weight is 386 g/mol. The van der Waals surface area contributed by atoms with Crippen molar-refractivity contribution in [2.45, 2.75) is 0 Å². The fourth-order valence-corrected chi connectivity index (χ4v) is 3.15. The van der Waals surface area contributed by atoms with Crippen molar-refractivity contribution in [2.75, 3.05) is 20.8 Å². The molecule has 0 aromatic heterocycles. The lowest BCUT2D eigenvalue weighted by Gasteiger charge is -2.09. The van der Waals surface area contributed by atoms with E-state index in [1.807, 2.05) is 0 Å². The van der Waals surface area contributed by atoms with Crippen molar-refractivity contribution < 1.29 is 23.9 Å². The molecule has 0 bridgehead atoms. The van der Waals surface area contributed by atoms with Gasteiger partial charge in [0.05, 0.1) is 23.6 Å². The highest BCUT2D eigenvalue weighted by Crippen LogP contribution is 2.33. The zero-order chi connectivity index (χ0) is 16.3. The van der Waals surface area contributed by atoms with Crippen molar-refractivity contribution in [3.05, 3.63) is 33.1 Å². The number of nitrogens with zero attached hydrogens (tertiary/aromatic N) is 1. The summed E-state index contributed by atoms with van der Waals surface area (Å²) in [6, 6.07) is 5.28. The molecule has 22 heavy (non-hydrogen) atoms. The third kappa shape index (κ3) is 3.50. The molecular formula is C14H12BrNO5S. The second-order valence-corrected chi connectivity index (χ2v) is 6.09. The molecule has 1 aromatic rings. The molecule has 1 heterocycles. The quantitative estimate of drug-likeness (QED) is 0.585. The van der Waals surface area contributed by atoms with Crippen LogP contribution in [0, 0.1) is 0 Å². The third-order valence-corrected chi connectivity index (χ3v) is 4.39. The molecule has 116 valence electrons. The van der Waals surface area contributed by atoms with E-state index in [2.05, 4.69) is 20.7 Å². The molecule has 0 spiro atoms. The Kier molecular flexibility index (Phi) is 5.25. The summed E-state index contributed by atoms with van der Waals surface area (Å²) in [5.74, 6) is -0.487. The monoisotopic (exact) mass is 385 g/mol. The van der Waals surface area contributed by atoms with Gasteiger partial charge in [-0.1, -0.05) is 6.07 Å². The molecule has 0 atom stereocenters. The Hall–Kier alpha value is -1.80. The van der Waals surface area contributed by atoms with Crippen molar-refractivity contribution >= 4 is 50.9 Å². The Morgan fingerprint density at radius 3 is 2.68 bits per heavy atom. The Morgan fingerprint density at radius 2 is 2.09 bits per heavy atom. The number of benzene rings is 1. The van der Waals surface area contributed by atoms with Gasteiger partial charge in [0, 0.05) is 0 Å². The number of thioether (sulfide) groups is 1. The van der Waals surface area contributed by atoms with Gasteiger partial charge >= 0.3 is 5.97 Å². The van der Waals surface area contributed by atoms with E-state index < -0.39 is 17.1 Å². The van der Waals surface area contributed by atoms with E-state index in [9.17, 15) is 14.4 Å². The fraction of sp³-hybridized carbons (Fsp3) is 0.214. The number of esters is 1. The minimum Gasteiger partial charge on any atom is -0.496 e. The summed E-state index contributed by atoms with van der Waals surface area (Å²) < 4.78 is 10.3. The molecule has 0 aliphatic carbocycles. The minimum atomic E-state index is -0.643. The summed E-state index contributed by atoms with van der Waals surface area (Å²) in [4.78, 5) is 36.3. The molecule has 6 nitrogen and oxygen atoms in total. The lowest BCUT2D eigenvalue weighted by Crippen LogP contribution is -2.34. The highest BCUT2D eigenvalue weighted by atomic mass is 79.9. The summed E-state index contributed by atoms with van der Waals surface area (Å²) in [5, 5.41) is -0.491. The molecule has 2 rings (SSSR count). The first-order chi connectivity index (χ1) is 10.5. The lowest BCUT2D eigenvalue weighted by atomic mass is 10.2. The maximum absolute atomic E-state index is 12.2. The zero-order valence-electron chi connectivity index (χ0n) is 11.8. The van der Waals surface area contributed by atoms with Crippen LogP contribution in [-0.2, 0) is 14.3 Å². The Morgan fingerprint density at radius 1 is 1.36 bits per heavy atom. The van der Waals surface area contributed by atoms with Crippen LogP contribution in [0.25, 0.3) is 6.08 Å². The molecule has 1 aliphatic rings. The standard InChI is InChI=1S/C14H12BrNO5S/c1-20-10-4-3-8(5-9(10)15)6-11-13(18)16(14(19)22-11)7-12(17)21-2/h3-6H,7H2,1-2H3/b11-6+. The largest absolute Gasteiger partial charge is 0.496 e. The molecular weight excluding hydrogens is 374 g/mol. The molecule has 1 saturated heterocycles. The molecule has 0 saturated carbocycles. The Balaban J connectivity index is 2.22. The van der Waals surface area contributed by atoms with Crippen LogP contribution < -0.4 is 4.74 Å². The minimum absolute atomic E-state index is 0.256. The van der Waals surface area contributed by atoms with E-state index in [1.54, 1.807) is 31.4 Å². The molecule has 8 heteroatoms. The normalized spacial score (nSPS) is 16.3. The van der Waals surface area contributed by atoms with Crippen molar-refractivity contribution in [1.82, 2.24) is 4.90 Å². The number of carbonyl (C=O) groups is 3. The van der Waals surface area contributed by atoms with Crippen molar-refractivity contribution in [3.63, 3.8) is 0 Å². The fourth-order valence-electron chi connectivity index (χ4n) is 1.75. The number of halogens is 1. The number of hydrogen-bond acceptors (Lipinski definition) is 6. The van der Waals surface area contributed by atoms with Crippen LogP contribution in [-0.4, -0.2) is 42.8 Å². The van der Waals surface area contributed by atoms with Crippen LogP contribution in [0.4, 0.5) is 4.79 Å². The van der Waals surface area contributed by atoms with Gasteiger partial charge in [-0.15, -0.1) is 0 Å². The zero-order valence-corrected chi connectivity index (χ0v) is 14.2. The van der Waals surface area contributed by atoms with Crippen LogP contribution in [0.15, 0.2) is 27.6 Å². The Labute approximate surface area is 139 Å². The molecule has 0 unspecified atom stereocenters. The average Bonchev–Trinajstić information content (AvgIpc) is 2.75. The number of ether oxygens (including phenoxy) is 2. The van der Waals surface area contributed by atoms with E-state index in [0.717, 1.165) is 26.7 Å². The molecule has 1 aromatic carbocycles. The highest BCUT2D eigenvalue weighted by Gasteiger charge is 2.36. The van der Waals surface area contributed by atoms with Crippen molar-refractivity contribution in [1.29, 1.82) is 0 Å². The van der Waals surface area contributed by atoms with Gasteiger partial charge in [-0.3, -0.25) is 19.3 Å². The predicted octanol–water partition coefficient (Wildman–Crippen LogP) is 2.67. The first-order valence-electron chi connectivity index (χ1n) is 6.12. The molecule has 1 fully saturated rings. The molecule has 0 N–H and O–H groups in total. The number of imide groups is 1. The summed E-state index contributed by atoms with van der Waals surface area (Å²) >= 11 is 4.14. The molecule has 1 aliphatic heterocycles. The maximum atomic E-state index is 12.2. The van der Waals surface area contributed by atoms with E-state index >= 15 is 0 Å². The van der Waals surface area contributed by atoms with Crippen LogP contribution >= 0.6 is 27.7 Å². The van der Waals surface area contributed by atoms with Gasteiger partial charge in [0.1, 0.15) is 12.3 Å². The third-order valence-electron chi connectivity index (χ3n) is 2.86. The topological polar surface area (TPSA) is 72.9 Å². The number of carbonyl (C=O) groups excluding carboxylic acids is 3. The maximum Gasteiger partial charge on any atom is 0.325 e. The number of hydrogen-bond donors (Lipinski definition) is 0. The summed E-state index contributed by atoms with van der Waals surface area (Å²) in [6.45, 7) is -0.384. The van der Waals surface area contributed by atoms with Crippen molar-refractivity contribution in [2.24, 2.45) is 0 Å². The second-order valence-electron chi connectivity index (χ2n) is 4.24. The van der Waals surface area contributed by atoms with Crippen LogP contribution in [0.3, 0.4) is 0 Å². The first-order valence-corrected chi connectivity index (χ1v) is 7.73. The van der Waals surface area contributed by atoms with Crippen LogP contribution in [0.2, 0.25) is 0 Å². The van der Waals surface area contributed by atoms with Gasteiger partial charge < -0.3 is 9.47 Å². The predicted molar refractivity (Wildman–Crippen MR) is 85.4 cm³/mol. The second kappa shape index (κ2) is 6.97. The Bertz CT molecular complexity index is 673. The lowest BCUT2D eigenvalue weighted by molar-refractivity contribution is -0.143. The number of methoxy groups -OCH3 is 2. The number of rotatable bonds is 4. The molecule has 0 radical (unpaired) electrons. The van der Waals surface area contributed by atoms with Gasteiger partial charge in [0.25, 0.3) is 11.1 Å². The van der Waals surface area contributed by atoms with Gasteiger partial charge in [-0.05, 0) is 51.5 Å². The van der Waals surface area contributed by atoms with Crippen molar-refractivity contribution in [3.8, 4) is 5.75 Å². The summed E-state index contributed by atoms with van der Waals surface area (Å²) in [6.07, 6.45) is 1.59.